The fraction of sp³-hybridized carbons (Fsp3) is 0.444. The third kappa shape index (κ3) is 2.83. The van der Waals surface area contributed by atoms with Crippen molar-refractivity contribution in [3.05, 3.63) is 48.0 Å². The second-order valence-corrected chi connectivity index (χ2v) is 6.44. The number of ether oxygens (including phenoxy) is 1. The number of hydrogen-bond donors (Lipinski definition) is 1. The summed E-state index contributed by atoms with van der Waals surface area (Å²) in [7, 11) is 4.01. The highest BCUT2D eigenvalue weighted by Gasteiger charge is 2.28. The van der Waals surface area contributed by atoms with Crippen molar-refractivity contribution >= 4 is 11.0 Å². The fourth-order valence-electron chi connectivity index (χ4n) is 3.48. The summed E-state index contributed by atoms with van der Waals surface area (Å²) in [5.41, 5.74) is 3.35. The lowest BCUT2D eigenvalue weighted by atomic mass is 9.98. The Morgan fingerprint density at radius 2 is 2.17 bits per heavy atom. The van der Waals surface area contributed by atoms with Gasteiger partial charge in [0.1, 0.15) is 11.9 Å². The molecule has 0 unspecified atom stereocenters. The molecule has 2 atom stereocenters. The summed E-state index contributed by atoms with van der Waals surface area (Å²) in [6, 6.07) is 8.52. The number of nitrogens with one attached hydrogen (secondary N) is 1. The predicted octanol–water partition coefficient (Wildman–Crippen LogP) is 2.32. The number of aromatic nitrogens is 4. The van der Waals surface area contributed by atoms with Gasteiger partial charge in [-0.05, 0) is 25.0 Å². The largest absolute Gasteiger partial charge is 0.372 e. The molecule has 0 saturated carbocycles. The van der Waals surface area contributed by atoms with E-state index in [1.165, 1.54) is 0 Å². The molecule has 3 heterocycles. The molecule has 0 spiro atoms. The van der Waals surface area contributed by atoms with Gasteiger partial charge in [0.15, 0.2) is 0 Å². The van der Waals surface area contributed by atoms with Gasteiger partial charge in [0.2, 0.25) is 0 Å². The van der Waals surface area contributed by atoms with Gasteiger partial charge in [-0.25, -0.2) is 4.98 Å². The minimum Gasteiger partial charge on any atom is -0.372 e. The SMILES string of the molecule is Cn1cc([C@H]2OCCC[C@@H]2NCc2nc3ccccc3n2C)cn1. The Labute approximate surface area is 141 Å². The number of imidazole rings is 1. The quantitative estimate of drug-likeness (QED) is 0.800. The highest BCUT2D eigenvalue weighted by atomic mass is 16.5. The molecule has 1 aromatic carbocycles. The van der Waals surface area contributed by atoms with Crippen molar-refractivity contribution in [3.8, 4) is 0 Å². The zero-order valence-corrected chi connectivity index (χ0v) is 14.1. The van der Waals surface area contributed by atoms with Gasteiger partial charge in [-0.3, -0.25) is 4.68 Å². The average molecular weight is 325 g/mol. The molecule has 1 saturated heterocycles. The smallest absolute Gasteiger partial charge is 0.123 e. The summed E-state index contributed by atoms with van der Waals surface area (Å²) >= 11 is 0. The molecule has 1 N–H and O–H groups in total. The minimum atomic E-state index is 0.0575. The Morgan fingerprint density at radius 1 is 1.29 bits per heavy atom. The molecule has 126 valence electrons. The Bertz CT molecular complexity index is 837. The standard InChI is InChI=1S/C18H23N5O/c1-22-12-13(10-20-22)18-15(7-5-9-24-18)19-11-17-21-14-6-3-4-8-16(14)23(17)2/h3-4,6,8,10,12,15,18-19H,5,7,9,11H2,1-2H3/t15-,18+/m0/s1. The highest BCUT2D eigenvalue weighted by molar-refractivity contribution is 5.75. The first-order chi connectivity index (χ1) is 11.7. The summed E-state index contributed by atoms with van der Waals surface area (Å²) in [5.74, 6) is 1.05. The number of para-hydroxylation sites is 2. The van der Waals surface area contributed by atoms with Gasteiger partial charge in [-0.15, -0.1) is 0 Å². The molecule has 24 heavy (non-hydrogen) atoms. The van der Waals surface area contributed by atoms with Gasteiger partial charge in [0.25, 0.3) is 0 Å². The Morgan fingerprint density at radius 3 is 2.96 bits per heavy atom. The van der Waals surface area contributed by atoms with Crippen LogP contribution in [0.5, 0.6) is 0 Å². The van der Waals surface area contributed by atoms with Gasteiger partial charge >= 0.3 is 0 Å². The van der Waals surface area contributed by atoms with Gasteiger partial charge < -0.3 is 14.6 Å². The first kappa shape index (κ1) is 15.4. The van der Waals surface area contributed by atoms with Crippen molar-refractivity contribution < 1.29 is 4.74 Å². The second-order valence-electron chi connectivity index (χ2n) is 6.44. The maximum absolute atomic E-state index is 6.02. The minimum absolute atomic E-state index is 0.0575. The maximum atomic E-state index is 6.02. The fourth-order valence-corrected chi connectivity index (χ4v) is 3.48. The Balaban J connectivity index is 1.51. The second kappa shape index (κ2) is 6.37. The number of hydrogen-bond acceptors (Lipinski definition) is 4. The number of benzene rings is 1. The molecule has 3 aromatic rings. The third-order valence-electron chi connectivity index (χ3n) is 4.78. The van der Waals surface area contributed by atoms with Crippen LogP contribution in [0, 0.1) is 0 Å². The van der Waals surface area contributed by atoms with E-state index in [4.69, 9.17) is 9.72 Å². The van der Waals surface area contributed by atoms with Crippen molar-refractivity contribution in [2.45, 2.75) is 31.5 Å². The number of rotatable bonds is 4. The summed E-state index contributed by atoms with van der Waals surface area (Å²) in [6.07, 6.45) is 6.18. The van der Waals surface area contributed by atoms with Crippen LogP contribution in [0.15, 0.2) is 36.7 Å². The van der Waals surface area contributed by atoms with Crippen LogP contribution in [0.3, 0.4) is 0 Å². The topological polar surface area (TPSA) is 56.9 Å². The number of fused-ring (bicyclic) bond motifs is 1. The third-order valence-corrected chi connectivity index (χ3v) is 4.78. The molecule has 0 radical (unpaired) electrons. The molecule has 6 heteroatoms. The summed E-state index contributed by atoms with van der Waals surface area (Å²) in [5, 5.41) is 7.93. The number of aryl methyl sites for hydroxylation is 2. The van der Waals surface area contributed by atoms with E-state index in [1.807, 2.05) is 30.2 Å². The lowest BCUT2D eigenvalue weighted by molar-refractivity contribution is -0.0114. The lowest BCUT2D eigenvalue weighted by Crippen LogP contribution is -2.39. The molecule has 6 nitrogen and oxygen atoms in total. The van der Waals surface area contributed by atoms with Crippen molar-refractivity contribution in [1.82, 2.24) is 24.6 Å². The van der Waals surface area contributed by atoms with Crippen molar-refractivity contribution in [3.63, 3.8) is 0 Å². The van der Waals surface area contributed by atoms with E-state index >= 15 is 0 Å². The number of nitrogens with zero attached hydrogens (tertiary/aromatic N) is 4. The molecular weight excluding hydrogens is 302 g/mol. The van der Waals surface area contributed by atoms with E-state index in [-0.39, 0.29) is 12.1 Å². The molecular formula is C18H23N5O. The van der Waals surface area contributed by atoms with Crippen LogP contribution < -0.4 is 5.32 Å². The van der Waals surface area contributed by atoms with E-state index in [9.17, 15) is 0 Å². The van der Waals surface area contributed by atoms with Crippen LogP contribution in [-0.2, 0) is 25.4 Å². The molecule has 0 aliphatic carbocycles. The van der Waals surface area contributed by atoms with E-state index in [2.05, 4.69) is 40.2 Å². The van der Waals surface area contributed by atoms with Crippen LogP contribution in [0.25, 0.3) is 11.0 Å². The van der Waals surface area contributed by atoms with Crippen LogP contribution >= 0.6 is 0 Å². The summed E-state index contributed by atoms with van der Waals surface area (Å²) in [4.78, 5) is 4.74. The molecule has 1 aliphatic rings. The molecule has 4 rings (SSSR count). The molecule has 1 fully saturated rings. The zero-order chi connectivity index (χ0) is 16.5. The van der Waals surface area contributed by atoms with Crippen LogP contribution in [-0.4, -0.2) is 32.0 Å². The van der Waals surface area contributed by atoms with E-state index in [0.717, 1.165) is 48.4 Å². The van der Waals surface area contributed by atoms with Crippen molar-refractivity contribution in [2.75, 3.05) is 6.61 Å². The van der Waals surface area contributed by atoms with Gasteiger partial charge in [0.05, 0.1) is 23.8 Å². The lowest BCUT2D eigenvalue weighted by Gasteiger charge is -2.31. The van der Waals surface area contributed by atoms with E-state index in [1.54, 1.807) is 0 Å². The molecule has 2 aromatic heterocycles. The zero-order valence-electron chi connectivity index (χ0n) is 14.1. The van der Waals surface area contributed by atoms with Gasteiger partial charge in [0, 0.05) is 38.5 Å². The normalized spacial score (nSPS) is 21.4. The first-order valence-electron chi connectivity index (χ1n) is 8.46. The van der Waals surface area contributed by atoms with Gasteiger partial charge in [-0.1, -0.05) is 12.1 Å². The monoisotopic (exact) mass is 325 g/mol. The van der Waals surface area contributed by atoms with Gasteiger partial charge in [-0.2, -0.15) is 5.10 Å². The Hall–Kier alpha value is -2.18. The van der Waals surface area contributed by atoms with Crippen molar-refractivity contribution in [1.29, 1.82) is 0 Å². The van der Waals surface area contributed by atoms with Crippen LogP contribution in [0.2, 0.25) is 0 Å². The molecule has 0 amide bonds. The average Bonchev–Trinajstić information content (AvgIpc) is 3.17. The van der Waals surface area contributed by atoms with E-state index in [0.29, 0.717) is 0 Å². The molecule has 0 bridgehead atoms. The van der Waals surface area contributed by atoms with Crippen LogP contribution in [0.4, 0.5) is 0 Å². The van der Waals surface area contributed by atoms with E-state index < -0.39 is 0 Å². The van der Waals surface area contributed by atoms with Crippen molar-refractivity contribution in [2.24, 2.45) is 14.1 Å². The summed E-state index contributed by atoms with van der Waals surface area (Å²) in [6.45, 7) is 1.54. The predicted molar refractivity (Wildman–Crippen MR) is 92.5 cm³/mol. The molecule has 1 aliphatic heterocycles. The first-order valence-corrected chi connectivity index (χ1v) is 8.46. The van der Waals surface area contributed by atoms with Crippen LogP contribution in [0.1, 0.15) is 30.3 Å². The Kier molecular flexibility index (Phi) is 4.08. The highest BCUT2D eigenvalue weighted by Crippen LogP contribution is 2.28. The summed E-state index contributed by atoms with van der Waals surface area (Å²) < 4.78 is 10.0. The maximum Gasteiger partial charge on any atom is 0.123 e.